The standard InChI is InChI=1S/C25H30N2O6S/c1-16-9-11-27(12-10-16)34(31,32)23-14-20(13-17(2)18(23)3)25(30)33-15-24(29)26-22-8-6-5-7-21(22)19(4)28/h5-8,13-14,16H,9-12,15H2,1-4H3,(H,26,29). The molecule has 1 N–H and O–H groups in total. The van der Waals surface area contributed by atoms with Gasteiger partial charge in [0.1, 0.15) is 0 Å². The van der Waals surface area contributed by atoms with Crippen molar-refractivity contribution in [2.75, 3.05) is 25.0 Å². The van der Waals surface area contributed by atoms with E-state index in [1.165, 1.54) is 17.3 Å². The number of nitrogens with one attached hydrogen (secondary N) is 1. The SMILES string of the molecule is CC(=O)c1ccccc1NC(=O)COC(=O)c1cc(C)c(C)c(S(=O)(=O)N2CCC(C)CC2)c1. The molecule has 0 unspecified atom stereocenters. The smallest absolute Gasteiger partial charge is 0.338 e. The van der Waals surface area contributed by atoms with E-state index in [2.05, 4.69) is 12.2 Å². The van der Waals surface area contributed by atoms with Gasteiger partial charge in [-0.2, -0.15) is 4.31 Å². The van der Waals surface area contributed by atoms with Gasteiger partial charge in [-0.3, -0.25) is 9.59 Å². The maximum Gasteiger partial charge on any atom is 0.338 e. The number of ketones is 1. The van der Waals surface area contributed by atoms with Crippen LogP contribution in [0.2, 0.25) is 0 Å². The highest BCUT2D eigenvalue weighted by molar-refractivity contribution is 7.89. The first kappa shape index (κ1) is 25.6. The number of nitrogens with zero attached hydrogens (tertiary/aromatic N) is 1. The Bertz CT molecular complexity index is 1210. The molecule has 0 aliphatic carbocycles. The minimum Gasteiger partial charge on any atom is -0.452 e. The van der Waals surface area contributed by atoms with Gasteiger partial charge >= 0.3 is 5.97 Å². The number of sulfonamides is 1. The van der Waals surface area contributed by atoms with Crippen molar-refractivity contribution in [1.82, 2.24) is 4.31 Å². The van der Waals surface area contributed by atoms with Crippen LogP contribution < -0.4 is 5.32 Å². The molecule has 9 heteroatoms. The number of piperidine rings is 1. The zero-order valence-electron chi connectivity index (χ0n) is 19.9. The maximum atomic E-state index is 13.3. The largest absolute Gasteiger partial charge is 0.452 e. The summed E-state index contributed by atoms with van der Waals surface area (Å²) in [5, 5.41) is 2.56. The van der Waals surface area contributed by atoms with E-state index in [1.807, 2.05) is 0 Å². The molecule has 1 saturated heterocycles. The zero-order valence-corrected chi connectivity index (χ0v) is 20.7. The first-order valence-electron chi connectivity index (χ1n) is 11.2. The van der Waals surface area contributed by atoms with Gasteiger partial charge in [-0.05, 0) is 74.9 Å². The third-order valence-corrected chi connectivity index (χ3v) is 8.16. The molecule has 182 valence electrons. The van der Waals surface area contributed by atoms with Crippen molar-refractivity contribution in [1.29, 1.82) is 0 Å². The van der Waals surface area contributed by atoms with Gasteiger partial charge < -0.3 is 10.1 Å². The number of esters is 1. The number of hydrogen-bond acceptors (Lipinski definition) is 6. The molecule has 1 fully saturated rings. The average Bonchev–Trinajstić information content (AvgIpc) is 2.79. The third-order valence-electron chi connectivity index (χ3n) is 6.13. The highest BCUT2D eigenvalue weighted by atomic mass is 32.2. The molecule has 34 heavy (non-hydrogen) atoms. The minimum atomic E-state index is -3.77. The van der Waals surface area contributed by atoms with Crippen LogP contribution >= 0.6 is 0 Å². The lowest BCUT2D eigenvalue weighted by Gasteiger charge is -2.30. The van der Waals surface area contributed by atoms with Gasteiger partial charge in [0.15, 0.2) is 12.4 Å². The van der Waals surface area contributed by atoms with Crippen molar-refractivity contribution >= 4 is 33.4 Å². The lowest BCUT2D eigenvalue weighted by Crippen LogP contribution is -2.38. The Kier molecular flexibility index (Phi) is 7.89. The minimum absolute atomic E-state index is 0.0592. The number of ether oxygens (including phenoxy) is 1. The van der Waals surface area contributed by atoms with Crippen molar-refractivity contribution < 1.29 is 27.5 Å². The number of carbonyl (C=O) groups is 3. The Morgan fingerprint density at radius 1 is 1.09 bits per heavy atom. The molecule has 2 aromatic rings. The Balaban J connectivity index is 1.74. The predicted molar refractivity (Wildman–Crippen MR) is 128 cm³/mol. The summed E-state index contributed by atoms with van der Waals surface area (Å²) in [5.41, 5.74) is 1.95. The predicted octanol–water partition coefficient (Wildman–Crippen LogP) is 3.72. The van der Waals surface area contributed by atoms with Crippen LogP contribution in [0.25, 0.3) is 0 Å². The van der Waals surface area contributed by atoms with Gasteiger partial charge in [-0.25, -0.2) is 13.2 Å². The fourth-order valence-corrected chi connectivity index (χ4v) is 5.67. The molecule has 0 aromatic heterocycles. The molecular formula is C25H30N2O6S. The monoisotopic (exact) mass is 486 g/mol. The Labute approximate surface area is 200 Å². The maximum absolute atomic E-state index is 13.3. The number of rotatable bonds is 7. The van der Waals surface area contributed by atoms with Crippen LogP contribution in [0.3, 0.4) is 0 Å². The van der Waals surface area contributed by atoms with E-state index >= 15 is 0 Å². The summed E-state index contributed by atoms with van der Waals surface area (Å²) in [6.45, 7) is 7.24. The Morgan fingerprint density at radius 2 is 1.74 bits per heavy atom. The van der Waals surface area contributed by atoms with Crippen molar-refractivity contribution in [2.45, 2.75) is 45.4 Å². The summed E-state index contributed by atoms with van der Waals surface area (Å²) in [5.74, 6) is -1.15. The van der Waals surface area contributed by atoms with Gasteiger partial charge in [-0.15, -0.1) is 0 Å². The summed E-state index contributed by atoms with van der Waals surface area (Å²) in [7, 11) is -3.77. The number of aryl methyl sites for hydroxylation is 1. The highest BCUT2D eigenvalue weighted by Crippen LogP contribution is 2.28. The van der Waals surface area contributed by atoms with Gasteiger partial charge in [0.2, 0.25) is 10.0 Å². The van der Waals surface area contributed by atoms with Crippen molar-refractivity contribution in [3.63, 3.8) is 0 Å². The van der Waals surface area contributed by atoms with Crippen molar-refractivity contribution in [2.24, 2.45) is 5.92 Å². The fraction of sp³-hybridized carbons (Fsp3) is 0.400. The van der Waals surface area contributed by atoms with Crippen molar-refractivity contribution in [3.8, 4) is 0 Å². The fourth-order valence-electron chi connectivity index (χ4n) is 3.88. The zero-order chi connectivity index (χ0) is 25.0. The summed E-state index contributed by atoms with van der Waals surface area (Å²) < 4.78 is 33.2. The van der Waals surface area contributed by atoms with E-state index in [4.69, 9.17) is 4.74 Å². The molecule has 0 spiro atoms. The van der Waals surface area contributed by atoms with Crippen LogP contribution in [0.15, 0.2) is 41.3 Å². The second-order valence-corrected chi connectivity index (χ2v) is 10.6. The van der Waals surface area contributed by atoms with E-state index in [9.17, 15) is 22.8 Å². The normalized spacial score (nSPS) is 15.1. The van der Waals surface area contributed by atoms with Crippen molar-refractivity contribution in [3.05, 3.63) is 58.7 Å². The van der Waals surface area contributed by atoms with Crippen LogP contribution in [0.1, 0.15) is 58.5 Å². The van der Waals surface area contributed by atoms with E-state index in [1.54, 1.807) is 44.2 Å². The van der Waals surface area contributed by atoms with E-state index in [0.29, 0.717) is 41.4 Å². The van der Waals surface area contributed by atoms with E-state index < -0.39 is 28.5 Å². The lowest BCUT2D eigenvalue weighted by atomic mass is 10.0. The van der Waals surface area contributed by atoms with Crippen LogP contribution in [0.4, 0.5) is 5.69 Å². The second kappa shape index (κ2) is 10.5. The molecule has 3 rings (SSSR count). The number of carbonyl (C=O) groups excluding carboxylic acids is 3. The van der Waals surface area contributed by atoms with Gasteiger partial charge in [0.25, 0.3) is 5.91 Å². The quantitative estimate of drug-likeness (QED) is 0.472. The van der Waals surface area contributed by atoms with Crippen LogP contribution in [0.5, 0.6) is 0 Å². The summed E-state index contributed by atoms with van der Waals surface area (Å²) in [6, 6.07) is 9.40. The second-order valence-electron chi connectivity index (χ2n) is 8.73. The van der Waals surface area contributed by atoms with Crippen LogP contribution in [0, 0.1) is 19.8 Å². The Hall–Kier alpha value is -3.04. The highest BCUT2D eigenvalue weighted by Gasteiger charge is 2.30. The molecule has 0 bridgehead atoms. The lowest BCUT2D eigenvalue weighted by molar-refractivity contribution is -0.119. The molecule has 1 heterocycles. The average molecular weight is 487 g/mol. The molecule has 0 radical (unpaired) electrons. The van der Waals surface area contributed by atoms with Crippen LogP contribution in [-0.2, 0) is 19.6 Å². The molecule has 2 aromatic carbocycles. The summed E-state index contributed by atoms with van der Waals surface area (Å²) in [4.78, 5) is 36.8. The number of hydrogen-bond donors (Lipinski definition) is 1. The molecule has 0 atom stereocenters. The van der Waals surface area contributed by atoms with Gasteiger partial charge in [-0.1, -0.05) is 19.1 Å². The molecule has 1 aliphatic heterocycles. The third kappa shape index (κ3) is 5.71. The molecular weight excluding hydrogens is 456 g/mol. The number of para-hydroxylation sites is 1. The number of Topliss-reactive ketones (excluding diaryl/α,β-unsaturated/α-hetero) is 1. The van der Waals surface area contributed by atoms with Gasteiger partial charge in [0, 0.05) is 18.7 Å². The number of anilines is 1. The first-order valence-corrected chi connectivity index (χ1v) is 12.6. The van der Waals surface area contributed by atoms with Gasteiger partial charge in [0.05, 0.1) is 16.1 Å². The number of amides is 1. The first-order chi connectivity index (χ1) is 16.0. The molecule has 8 nitrogen and oxygen atoms in total. The van der Waals surface area contributed by atoms with E-state index in [0.717, 1.165) is 12.8 Å². The van der Waals surface area contributed by atoms with E-state index in [-0.39, 0.29) is 16.2 Å². The number of benzene rings is 2. The van der Waals surface area contributed by atoms with Crippen LogP contribution in [-0.4, -0.2) is 50.1 Å². The molecule has 1 aliphatic rings. The summed E-state index contributed by atoms with van der Waals surface area (Å²) in [6.07, 6.45) is 1.59. The topological polar surface area (TPSA) is 110 Å². The Morgan fingerprint density at radius 3 is 2.38 bits per heavy atom. The molecule has 1 amide bonds. The summed E-state index contributed by atoms with van der Waals surface area (Å²) >= 11 is 0. The molecule has 0 saturated carbocycles.